The second-order valence-corrected chi connectivity index (χ2v) is 21.4. The summed E-state index contributed by atoms with van der Waals surface area (Å²) in [6.07, 6.45) is -2.20. The number of pyridine rings is 1. The Morgan fingerprint density at radius 1 is 0.765 bits per heavy atom. The van der Waals surface area contributed by atoms with E-state index in [9.17, 15) is 30.0 Å². The van der Waals surface area contributed by atoms with E-state index < -0.39 is 115 Å². The number of aliphatic hydroxyl groups is 4. The maximum atomic E-state index is 13.2. The Kier molecular flexibility index (Phi) is 15.4. The maximum absolute atomic E-state index is 13.2. The third kappa shape index (κ3) is 9.08. The van der Waals surface area contributed by atoms with Gasteiger partial charge in [-0.1, -0.05) is 13.8 Å². The van der Waals surface area contributed by atoms with Gasteiger partial charge in [0.15, 0.2) is 18.9 Å². The minimum Gasteiger partial charge on any atom is -0.462 e. The maximum Gasteiger partial charge on any atom is 0.340 e. The fourth-order valence-corrected chi connectivity index (χ4v) is 14.1. The number of methoxy groups -OCH3 is 3. The Morgan fingerprint density at radius 2 is 1.43 bits per heavy atom. The van der Waals surface area contributed by atoms with Crippen molar-refractivity contribution >= 4 is 11.9 Å². The lowest BCUT2D eigenvalue weighted by Crippen LogP contribution is -2.72. The third-order valence-electron chi connectivity index (χ3n) is 18.1. The predicted molar refractivity (Wildman–Crippen MR) is 239 cm³/mol. The van der Waals surface area contributed by atoms with Crippen LogP contribution in [0.4, 0.5) is 0 Å². The number of carbonyl (C=O) groups is 2. The van der Waals surface area contributed by atoms with Gasteiger partial charge >= 0.3 is 11.9 Å². The lowest BCUT2D eigenvalue weighted by atomic mass is 9.42. The van der Waals surface area contributed by atoms with E-state index in [1.165, 1.54) is 20.2 Å². The summed E-state index contributed by atoms with van der Waals surface area (Å²) in [5.74, 6) is -1.03. The average molecular weight is 964 g/mol. The van der Waals surface area contributed by atoms with E-state index in [2.05, 4.69) is 11.9 Å². The SMILES string of the molecule is CO[C@H]1[C@@H](O)[C@H](O[C@@H]2[C@@H](C)O[C@@H](O[C@H]3[C@@H](OC)C[C@H](O[C@H]4CC[C@@]5(C)[C@@H](CC[C@@H]6[C@@H]5C[C@@H](OC(C)=O)[C@]5(C)[C@](O)(C(C)OC(=O)c7cccnc7)CC[C@]65O)C4)O[C@@H]3C)C[C@H]2OC)O[C@H](C)[C@H]1O. The van der Waals surface area contributed by atoms with Gasteiger partial charge in [0.05, 0.1) is 53.2 Å². The van der Waals surface area contributed by atoms with Gasteiger partial charge in [0.1, 0.15) is 48.3 Å². The Balaban J connectivity index is 0.889. The molecule has 0 amide bonds. The summed E-state index contributed by atoms with van der Waals surface area (Å²) in [4.78, 5) is 30.1. The van der Waals surface area contributed by atoms with Crippen LogP contribution in [-0.4, -0.2) is 168 Å². The number of fused-ring (bicyclic) bond motifs is 5. The van der Waals surface area contributed by atoms with Crippen molar-refractivity contribution in [3.05, 3.63) is 30.1 Å². The molecule has 4 saturated carbocycles. The van der Waals surface area contributed by atoms with Crippen LogP contribution in [0, 0.1) is 28.6 Å². The lowest BCUT2D eigenvalue weighted by molar-refractivity contribution is -0.352. The molecule has 4 N–H and O–H groups in total. The summed E-state index contributed by atoms with van der Waals surface area (Å²) in [6, 6.07) is 3.24. The van der Waals surface area contributed by atoms with Crippen LogP contribution in [0.1, 0.15) is 123 Å². The van der Waals surface area contributed by atoms with Gasteiger partial charge in [-0.2, -0.15) is 0 Å². The summed E-state index contributed by atoms with van der Waals surface area (Å²) >= 11 is 0. The summed E-state index contributed by atoms with van der Waals surface area (Å²) in [5, 5.41) is 47.1. The monoisotopic (exact) mass is 964 g/mol. The number of aliphatic hydroxyl groups excluding tert-OH is 2. The number of esters is 2. The Labute approximate surface area is 400 Å². The second kappa shape index (κ2) is 20.2. The minimum absolute atomic E-state index is 0.000786. The van der Waals surface area contributed by atoms with E-state index in [4.69, 9.17) is 52.1 Å². The van der Waals surface area contributed by atoms with Crippen molar-refractivity contribution in [3.63, 3.8) is 0 Å². The topological polar surface area (TPSA) is 229 Å². The summed E-state index contributed by atoms with van der Waals surface area (Å²) in [6.45, 7) is 12.6. The molecule has 7 fully saturated rings. The van der Waals surface area contributed by atoms with Crippen LogP contribution in [0.25, 0.3) is 0 Å². The second-order valence-electron chi connectivity index (χ2n) is 21.4. The van der Waals surface area contributed by atoms with E-state index in [-0.39, 0.29) is 53.8 Å². The van der Waals surface area contributed by atoms with E-state index in [1.807, 2.05) is 20.8 Å². The van der Waals surface area contributed by atoms with Crippen LogP contribution in [0.2, 0.25) is 0 Å². The number of rotatable bonds is 13. The highest BCUT2D eigenvalue weighted by molar-refractivity contribution is 5.89. The summed E-state index contributed by atoms with van der Waals surface area (Å²) < 4.78 is 67.7. The van der Waals surface area contributed by atoms with Crippen LogP contribution >= 0.6 is 0 Å². The van der Waals surface area contributed by atoms with Crippen molar-refractivity contribution in [2.45, 2.75) is 222 Å². The molecule has 0 radical (unpaired) electrons. The smallest absolute Gasteiger partial charge is 0.340 e. The van der Waals surface area contributed by atoms with Crippen molar-refractivity contribution in [2.75, 3.05) is 21.3 Å². The van der Waals surface area contributed by atoms with Gasteiger partial charge in [0, 0.05) is 53.5 Å². The molecular formula is C50H77NO17. The van der Waals surface area contributed by atoms with Gasteiger partial charge in [-0.25, -0.2) is 4.79 Å². The fraction of sp³-hybridized carbons (Fsp3) is 0.860. The molecule has 7 aliphatic rings. The lowest BCUT2D eigenvalue weighted by Gasteiger charge is -2.66. The number of aromatic nitrogens is 1. The number of hydrogen-bond acceptors (Lipinski definition) is 18. The quantitative estimate of drug-likeness (QED) is 0.162. The van der Waals surface area contributed by atoms with Crippen molar-refractivity contribution in [1.29, 1.82) is 0 Å². The molecule has 0 bridgehead atoms. The molecule has 3 aliphatic heterocycles. The zero-order valence-corrected chi connectivity index (χ0v) is 41.4. The minimum atomic E-state index is -1.68. The van der Waals surface area contributed by atoms with Crippen molar-refractivity contribution in [3.8, 4) is 0 Å². The molecule has 23 atom stereocenters. The van der Waals surface area contributed by atoms with E-state index >= 15 is 0 Å². The molecule has 384 valence electrons. The largest absolute Gasteiger partial charge is 0.462 e. The van der Waals surface area contributed by atoms with Gasteiger partial charge in [0.25, 0.3) is 0 Å². The first-order chi connectivity index (χ1) is 32.2. The summed E-state index contributed by atoms with van der Waals surface area (Å²) in [5.41, 5.74) is -4.35. The van der Waals surface area contributed by atoms with E-state index in [0.29, 0.717) is 19.3 Å². The molecule has 0 spiro atoms. The molecule has 4 aliphatic carbocycles. The zero-order chi connectivity index (χ0) is 49.1. The van der Waals surface area contributed by atoms with Crippen molar-refractivity contribution in [2.24, 2.45) is 28.6 Å². The average Bonchev–Trinajstić information content (AvgIpc) is 3.53. The first kappa shape index (κ1) is 51.9. The molecule has 1 aromatic rings. The van der Waals surface area contributed by atoms with Crippen LogP contribution in [0.5, 0.6) is 0 Å². The molecule has 18 nitrogen and oxygen atoms in total. The fourth-order valence-electron chi connectivity index (χ4n) is 14.1. The van der Waals surface area contributed by atoms with Crippen LogP contribution < -0.4 is 0 Å². The van der Waals surface area contributed by atoms with Gasteiger partial charge in [-0.15, -0.1) is 0 Å². The number of hydrogen-bond donors (Lipinski definition) is 4. The van der Waals surface area contributed by atoms with Gasteiger partial charge in [-0.05, 0) is 114 Å². The zero-order valence-electron chi connectivity index (χ0n) is 41.4. The molecule has 18 heteroatoms. The van der Waals surface area contributed by atoms with Gasteiger partial charge in [0.2, 0.25) is 0 Å². The van der Waals surface area contributed by atoms with Crippen molar-refractivity contribution < 1.29 is 82.1 Å². The normalized spacial score (nSPS) is 48.6. The Hall–Kier alpha value is -2.43. The van der Waals surface area contributed by atoms with Gasteiger partial charge < -0.3 is 72.5 Å². The molecular weight excluding hydrogens is 887 g/mol. The highest BCUT2D eigenvalue weighted by Gasteiger charge is 2.77. The van der Waals surface area contributed by atoms with E-state index in [0.717, 1.165) is 32.1 Å². The highest BCUT2D eigenvalue weighted by Crippen LogP contribution is 2.71. The molecule has 1 aromatic heterocycles. The number of nitrogens with zero attached hydrogens (tertiary/aromatic N) is 1. The third-order valence-corrected chi connectivity index (χ3v) is 18.1. The molecule has 8 rings (SSSR count). The van der Waals surface area contributed by atoms with Crippen LogP contribution in [0.15, 0.2) is 24.5 Å². The molecule has 4 heterocycles. The predicted octanol–water partition coefficient (Wildman–Crippen LogP) is 3.99. The van der Waals surface area contributed by atoms with Crippen LogP contribution in [-0.2, 0) is 56.9 Å². The van der Waals surface area contributed by atoms with Gasteiger partial charge in [-0.3, -0.25) is 9.78 Å². The highest BCUT2D eigenvalue weighted by atomic mass is 16.8. The summed E-state index contributed by atoms with van der Waals surface area (Å²) in [7, 11) is 4.66. The number of ether oxygens (including phenoxy) is 11. The number of carbonyl (C=O) groups excluding carboxylic acids is 2. The standard InChI is InChI=1S/C50H77NO17/c1-25-40(53)44(60-10)41(54)46(63-25)68-43-27(3)62-39(23-36(43)59-9)67-42-26(2)61-38(22-35(42)58-8)66-32-15-16-47(6)31(20-32)13-14-33-34(47)21-37(65-29(5)52)48(7)49(56,17-18-50(33,48)57)28(4)64-45(55)30-12-11-19-51-24-30/h11-12,19,24-28,31-44,46,53-54,56-57H,13-18,20-23H2,1-10H3/t25-,26-,27-,28?,31+,32+,33-,34+,35+,36-,37-,38+,39+,40-,41-,42-,43-,44-,46+,47+,48-,49-,50+/m1/s1. The first-order valence-electron chi connectivity index (χ1n) is 24.8. The van der Waals surface area contributed by atoms with Crippen LogP contribution in [0.3, 0.4) is 0 Å². The molecule has 3 saturated heterocycles. The Bertz CT molecular complexity index is 1900. The van der Waals surface area contributed by atoms with Crippen molar-refractivity contribution in [1.82, 2.24) is 4.98 Å². The Morgan fingerprint density at radius 3 is 2.04 bits per heavy atom. The molecule has 1 unspecified atom stereocenters. The first-order valence-corrected chi connectivity index (χ1v) is 24.8. The molecule has 0 aromatic carbocycles. The van der Waals surface area contributed by atoms with E-state index in [1.54, 1.807) is 46.4 Å². The molecule has 68 heavy (non-hydrogen) atoms.